The van der Waals surface area contributed by atoms with E-state index in [1.165, 1.54) is 25.7 Å². The average Bonchev–Trinajstić information content (AvgIpc) is 2.15. The Morgan fingerprint density at radius 2 is 1.64 bits per heavy atom. The van der Waals surface area contributed by atoms with Gasteiger partial charge in [-0.3, -0.25) is 0 Å². The number of aliphatic hydroxyl groups is 1. The molecule has 2 nitrogen and oxygen atoms in total. The van der Waals surface area contributed by atoms with Crippen molar-refractivity contribution in [3.8, 4) is 0 Å². The molecule has 0 spiro atoms. The third-order valence-corrected chi connectivity index (χ3v) is 2.71. The number of nitrogens with two attached hydrogens (primary N) is 1. The average molecular weight is 157 g/mol. The van der Waals surface area contributed by atoms with Crippen molar-refractivity contribution < 1.29 is 5.11 Å². The van der Waals surface area contributed by atoms with Crippen LogP contribution >= 0.6 is 0 Å². The third-order valence-electron chi connectivity index (χ3n) is 2.71. The highest BCUT2D eigenvalue weighted by molar-refractivity contribution is 4.85. The highest BCUT2D eigenvalue weighted by Crippen LogP contribution is 2.27. The second-order valence-electron chi connectivity index (χ2n) is 3.75. The van der Waals surface area contributed by atoms with Crippen molar-refractivity contribution in [2.24, 2.45) is 5.73 Å². The smallest absolute Gasteiger partial charge is 0.0448 e. The molecule has 0 aliphatic heterocycles. The Morgan fingerprint density at radius 3 is 2.09 bits per heavy atom. The molecule has 2 heteroatoms. The van der Waals surface area contributed by atoms with E-state index in [9.17, 15) is 0 Å². The SMILES string of the molecule is NC1(CCO)CCCCCC1. The van der Waals surface area contributed by atoms with E-state index in [0.717, 1.165) is 19.3 Å². The first-order valence-electron chi connectivity index (χ1n) is 4.67. The van der Waals surface area contributed by atoms with E-state index in [2.05, 4.69) is 0 Å². The van der Waals surface area contributed by atoms with Gasteiger partial charge < -0.3 is 10.8 Å². The van der Waals surface area contributed by atoms with Crippen LogP contribution in [0.25, 0.3) is 0 Å². The van der Waals surface area contributed by atoms with Crippen LogP contribution < -0.4 is 5.73 Å². The molecule has 0 aromatic rings. The van der Waals surface area contributed by atoms with Crippen LogP contribution in [0.2, 0.25) is 0 Å². The van der Waals surface area contributed by atoms with E-state index in [1.807, 2.05) is 0 Å². The van der Waals surface area contributed by atoms with Gasteiger partial charge in [-0.1, -0.05) is 25.7 Å². The lowest BCUT2D eigenvalue weighted by Gasteiger charge is -2.26. The molecule has 3 N–H and O–H groups in total. The Bertz CT molecular complexity index is 106. The van der Waals surface area contributed by atoms with Gasteiger partial charge in [-0.2, -0.15) is 0 Å². The fourth-order valence-corrected chi connectivity index (χ4v) is 1.91. The fourth-order valence-electron chi connectivity index (χ4n) is 1.91. The maximum atomic E-state index is 8.80. The van der Waals surface area contributed by atoms with Crippen molar-refractivity contribution in [1.29, 1.82) is 0 Å². The van der Waals surface area contributed by atoms with E-state index < -0.39 is 0 Å². The summed E-state index contributed by atoms with van der Waals surface area (Å²) in [6.07, 6.45) is 8.13. The minimum atomic E-state index is -0.0365. The van der Waals surface area contributed by atoms with Gasteiger partial charge in [0.05, 0.1) is 0 Å². The Hall–Kier alpha value is -0.0800. The second kappa shape index (κ2) is 4.07. The molecule has 11 heavy (non-hydrogen) atoms. The number of hydrogen-bond donors (Lipinski definition) is 2. The topological polar surface area (TPSA) is 46.2 Å². The second-order valence-corrected chi connectivity index (χ2v) is 3.75. The number of aliphatic hydroxyl groups excluding tert-OH is 1. The van der Waals surface area contributed by atoms with Crippen LogP contribution in [-0.4, -0.2) is 17.3 Å². The standard InChI is InChI=1S/C9H19NO/c10-9(7-8-11)5-3-1-2-4-6-9/h11H,1-8,10H2. The Kier molecular flexibility index (Phi) is 3.34. The van der Waals surface area contributed by atoms with E-state index in [4.69, 9.17) is 10.8 Å². The van der Waals surface area contributed by atoms with Gasteiger partial charge in [0.25, 0.3) is 0 Å². The van der Waals surface area contributed by atoms with Gasteiger partial charge in [0.1, 0.15) is 0 Å². The van der Waals surface area contributed by atoms with Crippen LogP contribution in [-0.2, 0) is 0 Å². The maximum absolute atomic E-state index is 8.80. The van der Waals surface area contributed by atoms with Gasteiger partial charge in [0, 0.05) is 12.1 Å². The van der Waals surface area contributed by atoms with Gasteiger partial charge >= 0.3 is 0 Å². The van der Waals surface area contributed by atoms with Crippen LogP contribution in [0.5, 0.6) is 0 Å². The molecule has 0 amide bonds. The van der Waals surface area contributed by atoms with E-state index in [1.54, 1.807) is 0 Å². The van der Waals surface area contributed by atoms with Crippen LogP contribution in [0.1, 0.15) is 44.9 Å². The highest BCUT2D eigenvalue weighted by atomic mass is 16.3. The molecule has 0 bridgehead atoms. The summed E-state index contributed by atoms with van der Waals surface area (Å²) in [5.74, 6) is 0. The predicted octanol–water partition coefficient (Wildman–Crippen LogP) is 1.42. The molecule has 1 fully saturated rings. The molecule has 0 radical (unpaired) electrons. The minimum absolute atomic E-state index is 0.0365. The zero-order chi connectivity index (χ0) is 8.16. The molecule has 0 saturated heterocycles. The molecule has 0 atom stereocenters. The van der Waals surface area contributed by atoms with Gasteiger partial charge in [-0.15, -0.1) is 0 Å². The van der Waals surface area contributed by atoms with Crippen molar-refractivity contribution in [1.82, 2.24) is 0 Å². The monoisotopic (exact) mass is 157 g/mol. The molecule has 1 rings (SSSR count). The summed E-state index contributed by atoms with van der Waals surface area (Å²) >= 11 is 0. The summed E-state index contributed by atoms with van der Waals surface area (Å²) in [6.45, 7) is 0.247. The first-order chi connectivity index (χ1) is 5.27. The zero-order valence-electron chi connectivity index (χ0n) is 7.18. The lowest BCUT2D eigenvalue weighted by atomic mass is 9.88. The largest absolute Gasteiger partial charge is 0.396 e. The van der Waals surface area contributed by atoms with Gasteiger partial charge in [-0.05, 0) is 19.3 Å². The molecule has 1 aliphatic rings. The quantitative estimate of drug-likeness (QED) is 0.595. The zero-order valence-corrected chi connectivity index (χ0v) is 7.18. The summed E-state index contributed by atoms with van der Waals surface area (Å²) in [6, 6.07) is 0. The van der Waals surface area contributed by atoms with Crippen molar-refractivity contribution in [3.63, 3.8) is 0 Å². The normalized spacial score (nSPS) is 24.5. The Labute approximate surface area is 68.8 Å². The van der Waals surface area contributed by atoms with Gasteiger partial charge in [0.15, 0.2) is 0 Å². The molecule has 0 heterocycles. The molecule has 66 valence electrons. The highest BCUT2D eigenvalue weighted by Gasteiger charge is 2.24. The van der Waals surface area contributed by atoms with Crippen molar-refractivity contribution in [2.45, 2.75) is 50.5 Å². The molecular formula is C9H19NO. The van der Waals surface area contributed by atoms with E-state index in [0.29, 0.717) is 0 Å². The van der Waals surface area contributed by atoms with Gasteiger partial charge in [-0.25, -0.2) is 0 Å². The molecule has 0 unspecified atom stereocenters. The minimum Gasteiger partial charge on any atom is -0.396 e. The molecule has 1 saturated carbocycles. The van der Waals surface area contributed by atoms with Gasteiger partial charge in [0.2, 0.25) is 0 Å². The molecule has 1 aliphatic carbocycles. The third kappa shape index (κ3) is 2.80. The molecular weight excluding hydrogens is 138 g/mol. The summed E-state index contributed by atoms with van der Waals surface area (Å²) in [7, 11) is 0. The lowest BCUT2D eigenvalue weighted by Crippen LogP contribution is -2.39. The van der Waals surface area contributed by atoms with E-state index in [-0.39, 0.29) is 12.1 Å². The maximum Gasteiger partial charge on any atom is 0.0448 e. The summed E-state index contributed by atoms with van der Waals surface area (Å²) < 4.78 is 0. The van der Waals surface area contributed by atoms with Crippen LogP contribution in [0.3, 0.4) is 0 Å². The van der Waals surface area contributed by atoms with Crippen molar-refractivity contribution in [3.05, 3.63) is 0 Å². The first-order valence-corrected chi connectivity index (χ1v) is 4.67. The number of rotatable bonds is 2. The summed E-state index contributed by atoms with van der Waals surface area (Å²) in [4.78, 5) is 0. The predicted molar refractivity (Wildman–Crippen MR) is 46.3 cm³/mol. The number of hydrogen-bond acceptors (Lipinski definition) is 2. The molecule has 0 aromatic heterocycles. The first kappa shape index (κ1) is 9.01. The fraction of sp³-hybridized carbons (Fsp3) is 1.00. The van der Waals surface area contributed by atoms with Crippen molar-refractivity contribution in [2.75, 3.05) is 6.61 Å². The lowest BCUT2D eigenvalue weighted by molar-refractivity contribution is 0.224. The Morgan fingerprint density at radius 1 is 1.09 bits per heavy atom. The van der Waals surface area contributed by atoms with Crippen LogP contribution in [0, 0.1) is 0 Å². The Balaban J connectivity index is 2.38. The summed E-state index contributed by atoms with van der Waals surface area (Å²) in [5, 5.41) is 8.80. The van der Waals surface area contributed by atoms with E-state index >= 15 is 0 Å². The summed E-state index contributed by atoms with van der Waals surface area (Å²) in [5.41, 5.74) is 6.07. The van der Waals surface area contributed by atoms with Crippen molar-refractivity contribution >= 4 is 0 Å². The molecule has 0 aromatic carbocycles. The van der Waals surface area contributed by atoms with Crippen LogP contribution in [0.4, 0.5) is 0 Å². The van der Waals surface area contributed by atoms with Crippen LogP contribution in [0.15, 0.2) is 0 Å².